The molecule has 1 fully saturated rings. The highest BCUT2D eigenvalue weighted by Gasteiger charge is 2.39. The zero-order valence-corrected chi connectivity index (χ0v) is 10.1. The third-order valence-electron chi connectivity index (χ3n) is 3.15. The lowest BCUT2D eigenvalue weighted by atomic mass is 9.87. The molecule has 15 heavy (non-hydrogen) atoms. The molecule has 82 valence electrons. The van der Waals surface area contributed by atoms with Gasteiger partial charge in [-0.2, -0.15) is 0 Å². The average Bonchev–Trinajstić information content (AvgIpc) is 2.44. The summed E-state index contributed by atoms with van der Waals surface area (Å²) in [6.07, 6.45) is 0. The number of hydrogen-bond acceptors (Lipinski definition) is 2. The van der Waals surface area contributed by atoms with Crippen molar-refractivity contribution in [3.8, 4) is 0 Å². The Bertz CT molecular complexity index is 364. The number of rotatable bonds is 1. The molecule has 0 saturated carbocycles. The first-order valence-electron chi connectivity index (χ1n) is 5.19. The summed E-state index contributed by atoms with van der Waals surface area (Å²) in [4.78, 5) is 5.70. The fourth-order valence-electron chi connectivity index (χ4n) is 1.69. The van der Waals surface area contributed by atoms with Crippen LogP contribution in [0.25, 0.3) is 0 Å². The molecule has 2 rings (SSSR count). The van der Waals surface area contributed by atoms with Gasteiger partial charge in [-0.05, 0) is 19.1 Å². The van der Waals surface area contributed by atoms with Crippen molar-refractivity contribution in [3.63, 3.8) is 0 Å². The summed E-state index contributed by atoms with van der Waals surface area (Å²) in [6.45, 7) is 7.30. The van der Waals surface area contributed by atoms with E-state index in [1.807, 2.05) is 29.3 Å². The van der Waals surface area contributed by atoms with Gasteiger partial charge in [0.25, 0.3) is 0 Å². The fourth-order valence-corrected chi connectivity index (χ4v) is 1.91. The van der Waals surface area contributed by atoms with Crippen LogP contribution in [0.2, 0.25) is 5.02 Å². The number of nitrogens with zero attached hydrogens (tertiary/aromatic N) is 1. The van der Waals surface area contributed by atoms with Gasteiger partial charge >= 0.3 is 0 Å². The molecule has 1 aliphatic rings. The van der Waals surface area contributed by atoms with Gasteiger partial charge in [-0.25, -0.2) is 5.06 Å². The molecule has 0 spiro atoms. The first-order valence-corrected chi connectivity index (χ1v) is 5.57. The smallest absolute Gasteiger partial charge is 0.0826 e. The van der Waals surface area contributed by atoms with Crippen molar-refractivity contribution in [1.82, 2.24) is 0 Å². The molecule has 1 heterocycles. The van der Waals surface area contributed by atoms with Crippen LogP contribution < -0.4 is 5.06 Å². The molecule has 0 radical (unpaired) electrons. The quantitative estimate of drug-likeness (QED) is 0.725. The van der Waals surface area contributed by atoms with Crippen LogP contribution >= 0.6 is 11.6 Å². The normalized spacial score (nSPS) is 24.5. The molecule has 2 nitrogen and oxygen atoms in total. The van der Waals surface area contributed by atoms with E-state index in [4.69, 9.17) is 16.4 Å². The van der Waals surface area contributed by atoms with E-state index in [9.17, 15) is 0 Å². The maximum Gasteiger partial charge on any atom is 0.0826 e. The van der Waals surface area contributed by atoms with Gasteiger partial charge in [-0.15, -0.1) is 0 Å². The molecule has 1 unspecified atom stereocenters. The highest BCUT2D eigenvalue weighted by atomic mass is 35.5. The lowest BCUT2D eigenvalue weighted by Crippen LogP contribution is -2.33. The van der Waals surface area contributed by atoms with E-state index in [2.05, 4.69) is 20.8 Å². The van der Waals surface area contributed by atoms with Crippen LogP contribution in [-0.2, 0) is 4.84 Å². The first-order chi connectivity index (χ1) is 7.02. The zero-order chi connectivity index (χ0) is 11.1. The summed E-state index contributed by atoms with van der Waals surface area (Å²) >= 11 is 6.14. The van der Waals surface area contributed by atoms with E-state index in [0.717, 1.165) is 17.3 Å². The summed E-state index contributed by atoms with van der Waals surface area (Å²) in [5, 5.41) is 2.66. The number of hydrogen-bond donors (Lipinski definition) is 0. The van der Waals surface area contributed by atoms with Gasteiger partial charge in [0.1, 0.15) is 0 Å². The van der Waals surface area contributed by atoms with Crippen molar-refractivity contribution < 1.29 is 4.84 Å². The monoisotopic (exact) mass is 225 g/mol. The second-order valence-electron chi connectivity index (χ2n) is 4.72. The molecule has 1 atom stereocenters. The number of hydroxylamine groups is 1. The number of benzene rings is 1. The molecule has 0 aromatic heterocycles. The summed E-state index contributed by atoms with van der Waals surface area (Å²) in [7, 11) is 0. The van der Waals surface area contributed by atoms with Crippen LogP contribution in [-0.4, -0.2) is 12.6 Å². The van der Waals surface area contributed by atoms with E-state index in [1.165, 1.54) is 0 Å². The van der Waals surface area contributed by atoms with Crippen LogP contribution in [0.5, 0.6) is 0 Å². The summed E-state index contributed by atoms with van der Waals surface area (Å²) in [5.74, 6) is 0. The number of anilines is 1. The Kier molecular flexibility index (Phi) is 2.65. The molecule has 0 bridgehead atoms. The van der Waals surface area contributed by atoms with Crippen molar-refractivity contribution in [2.75, 3.05) is 11.7 Å². The zero-order valence-electron chi connectivity index (χ0n) is 9.33. The lowest BCUT2D eigenvalue weighted by molar-refractivity contribution is 0.142. The molecule has 1 aliphatic heterocycles. The molecular formula is C12H16ClNO. The molecule has 0 amide bonds. The highest BCUT2D eigenvalue weighted by Crippen LogP contribution is 2.38. The molecule has 0 N–H and O–H groups in total. The van der Waals surface area contributed by atoms with Gasteiger partial charge in [0.05, 0.1) is 23.4 Å². The van der Waals surface area contributed by atoms with Crippen LogP contribution in [0.3, 0.4) is 0 Å². The van der Waals surface area contributed by atoms with Crippen molar-refractivity contribution >= 4 is 17.3 Å². The largest absolute Gasteiger partial charge is 0.273 e. The molecule has 1 saturated heterocycles. The van der Waals surface area contributed by atoms with E-state index < -0.39 is 0 Å². The summed E-state index contributed by atoms with van der Waals surface area (Å²) in [6, 6.07) is 8.11. The van der Waals surface area contributed by atoms with Gasteiger partial charge in [0.2, 0.25) is 0 Å². The number of halogens is 1. The van der Waals surface area contributed by atoms with Gasteiger partial charge < -0.3 is 0 Å². The standard InChI is InChI=1S/C12H16ClNO/c1-9-12(2,3)8-15-14(9)11-7-5-4-6-10(11)13/h4-7,9H,8H2,1-3H3. The average molecular weight is 226 g/mol. The van der Waals surface area contributed by atoms with E-state index in [-0.39, 0.29) is 5.41 Å². The van der Waals surface area contributed by atoms with E-state index in [0.29, 0.717) is 6.04 Å². The highest BCUT2D eigenvalue weighted by molar-refractivity contribution is 6.33. The Morgan fingerprint density at radius 1 is 1.40 bits per heavy atom. The minimum atomic E-state index is 0.166. The van der Waals surface area contributed by atoms with Crippen LogP contribution in [0.15, 0.2) is 24.3 Å². The predicted octanol–water partition coefficient (Wildman–Crippen LogP) is 3.51. The Hall–Kier alpha value is -0.730. The first kappa shape index (κ1) is 10.8. The Labute approximate surface area is 95.7 Å². The Balaban J connectivity index is 2.31. The lowest BCUT2D eigenvalue weighted by Gasteiger charge is -2.27. The predicted molar refractivity (Wildman–Crippen MR) is 63.1 cm³/mol. The van der Waals surface area contributed by atoms with E-state index in [1.54, 1.807) is 0 Å². The molecule has 1 aromatic carbocycles. The maximum atomic E-state index is 6.14. The van der Waals surface area contributed by atoms with Crippen LogP contribution in [0.1, 0.15) is 20.8 Å². The summed E-state index contributed by atoms with van der Waals surface area (Å²) in [5.41, 5.74) is 1.12. The van der Waals surface area contributed by atoms with Crippen LogP contribution in [0, 0.1) is 5.41 Å². The van der Waals surface area contributed by atoms with Gasteiger partial charge in [0, 0.05) is 5.41 Å². The SMILES string of the molecule is CC1N(c2ccccc2Cl)OCC1(C)C. The van der Waals surface area contributed by atoms with Crippen molar-refractivity contribution in [2.45, 2.75) is 26.8 Å². The number of para-hydroxylation sites is 1. The second kappa shape index (κ2) is 3.69. The van der Waals surface area contributed by atoms with Gasteiger partial charge in [-0.3, -0.25) is 4.84 Å². The minimum Gasteiger partial charge on any atom is -0.273 e. The molecule has 3 heteroatoms. The summed E-state index contributed by atoms with van der Waals surface area (Å²) < 4.78 is 0. The molecular weight excluding hydrogens is 210 g/mol. The third-order valence-corrected chi connectivity index (χ3v) is 3.47. The Morgan fingerprint density at radius 3 is 2.60 bits per heavy atom. The van der Waals surface area contributed by atoms with Gasteiger partial charge in [0.15, 0.2) is 0 Å². The maximum absolute atomic E-state index is 6.14. The Morgan fingerprint density at radius 2 is 2.07 bits per heavy atom. The van der Waals surface area contributed by atoms with Crippen molar-refractivity contribution in [2.24, 2.45) is 5.41 Å². The fraction of sp³-hybridized carbons (Fsp3) is 0.500. The second-order valence-corrected chi connectivity index (χ2v) is 5.12. The molecule has 1 aromatic rings. The third kappa shape index (κ3) is 1.84. The topological polar surface area (TPSA) is 12.5 Å². The molecule has 0 aliphatic carbocycles. The van der Waals surface area contributed by atoms with Crippen LogP contribution in [0.4, 0.5) is 5.69 Å². The minimum absolute atomic E-state index is 0.166. The van der Waals surface area contributed by atoms with E-state index >= 15 is 0 Å². The van der Waals surface area contributed by atoms with Crippen molar-refractivity contribution in [3.05, 3.63) is 29.3 Å². The van der Waals surface area contributed by atoms with Crippen molar-refractivity contribution in [1.29, 1.82) is 0 Å². The van der Waals surface area contributed by atoms with Gasteiger partial charge in [-0.1, -0.05) is 37.6 Å².